The van der Waals surface area contributed by atoms with Crippen LogP contribution >= 0.6 is 22.0 Å². The van der Waals surface area contributed by atoms with Gasteiger partial charge in [-0.3, -0.25) is 0 Å². The molecule has 0 heterocycles. The highest BCUT2D eigenvalue weighted by molar-refractivity contribution is 9.09. The van der Waals surface area contributed by atoms with E-state index < -0.39 is 11.2 Å². The number of nitrogens with zero attached hydrogens (tertiary/aromatic N) is 1. The lowest BCUT2D eigenvalue weighted by Gasteiger charge is -2.36. The topological polar surface area (TPSA) is 23.8 Å². The minimum absolute atomic E-state index is 0.561. The Morgan fingerprint density at radius 2 is 1.48 bits per heavy atom. The first-order valence-corrected chi connectivity index (χ1v) is 10.7. The average Bonchev–Trinajstić information content (AvgIpc) is 2.55. The number of hydrogen-bond donors (Lipinski definition) is 0. The second-order valence-electron chi connectivity index (χ2n) is 5.11. The molecule has 0 radical (unpaired) electrons. The van der Waals surface area contributed by atoms with Crippen molar-refractivity contribution in [1.29, 1.82) is 5.26 Å². The van der Waals surface area contributed by atoms with Crippen molar-refractivity contribution in [1.82, 2.24) is 0 Å². The van der Waals surface area contributed by atoms with Gasteiger partial charge in [-0.25, -0.2) is 0 Å². The quantitative estimate of drug-likeness (QED) is 0.576. The summed E-state index contributed by atoms with van der Waals surface area (Å²) in [6.45, 7) is 2.01. The Kier molecular flexibility index (Phi) is 5.38. The largest absolute Gasteiger partial charge is 0.197 e. The third kappa shape index (κ3) is 2.99. The summed E-state index contributed by atoms with van der Waals surface area (Å²) in [4.78, 5) is 0. The first-order valence-electron chi connectivity index (χ1n) is 6.77. The maximum Gasteiger partial charge on any atom is 0.0917 e. The van der Waals surface area contributed by atoms with Gasteiger partial charge in [-0.05, 0) is 24.0 Å². The van der Waals surface area contributed by atoms with Crippen LogP contribution in [0, 0.1) is 11.3 Å². The molecule has 0 N–H and O–H groups in total. The normalized spacial score (nSPS) is 14.1. The van der Waals surface area contributed by atoms with E-state index in [1.807, 2.05) is 43.3 Å². The molecule has 0 bridgehead atoms. The SMILES string of the molecule is CC(C#N)(CCBr)P(=S)(c1ccccc1)c1ccccc1. The zero-order chi connectivity index (χ0) is 15.3. The summed E-state index contributed by atoms with van der Waals surface area (Å²) >= 11 is 9.69. The summed E-state index contributed by atoms with van der Waals surface area (Å²) in [6.07, 6.45) is 0.741. The van der Waals surface area contributed by atoms with Gasteiger partial charge in [0.25, 0.3) is 0 Å². The van der Waals surface area contributed by atoms with Gasteiger partial charge in [0.15, 0.2) is 0 Å². The molecule has 108 valence electrons. The fraction of sp³-hybridized carbons (Fsp3) is 0.235. The summed E-state index contributed by atoms with van der Waals surface area (Å²) in [7, 11) is 0. The van der Waals surface area contributed by atoms with Gasteiger partial charge in [0.2, 0.25) is 0 Å². The smallest absolute Gasteiger partial charge is 0.0917 e. The van der Waals surface area contributed by atoms with Crippen molar-refractivity contribution in [2.24, 2.45) is 0 Å². The van der Waals surface area contributed by atoms with Crippen LogP contribution in [0.2, 0.25) is 0 Å². The Morgan fingerprint density at radius 1 is 1.05 bits per heavy atom. The Balaban J connectivity index is 2.73. The fourth-order valence-electron chi connectivity index (χ4n) is 2.46. The van der Waals surface area contributed by atoms with Gasteiger partial charge in [-0.1, -0.05) is 88.4 Å². The molecule has 0 aliphatic rings. The van der Waals surface area contributed by atoms with Crippen LogP contribution in [-0.4, -0.2) is 10.5 Å². The molecule has 1 unspecified atom stereocenters. The third-order valence-electron chi connectivity index (χ3n) is 3.76. The van der Waals surface area contributed by atoms with Crippen LogP contribution in [0.4, 0.5) is 0 Å². The second-order valence-corrected chi connectivity index (χ2v) is 10.8. The van der Waals surface area contributed by atoms with Gasteiger partial charge in [0, 0.05) is 11.4 Å². The first-order chi connectivity index (χ1) is 10.1. The first kappa shape index (κ1) is 16.4. The molecule has 4 heteroatoms. The molecule has 2 aromatic carbocycles. The molecule has 0 spiro atoms. The summed E-state index contributed by atoms with van der Waals surface area (Å²) in [5.41, 5.74) is 0. The van der Waals surface area contributed by atoms with Crippen molar-refractivity contribution in [3.8, 4) is 6.07 Å². The van der Waals surface area contributed by atoms with E-state index in [4.69, 9.17) is 11.8 Å². The Bertz CT molecular complexity index is 637. The Labute approximate surface area is 140 Å². The van der Waals surface area contributed by atoms with E-state index in [1.54, 1.807) is 0 Å². The summed E-state index contributed by atoms with van der Waals surface area (Å²) < 4.78 is 0. The summed E-state index contributed by atoms with van der Waals surface area (Å²) in [5.74, 6) is 0. The molecule has 0 saturated carbocycles. The number of rotatable bonds is 5. The second kappa shape index (κ2) is 6.88. The monoisotopic (exact) mass is 377 g/mol. The summed E-state index contributed by atoms with van der Waals surface area (Å²) in [5, 5.41) is 12.3. The van der Waals surface area contributed by atoms with Crippen molar-refractivity contribution < 1.29 is 0 Å². The molecular formula is C17H17BrNPS. The average molecular weight is 378 g/mol. The highest BCUT2D eigenvalue weighted by atomic mass is 79.9. The maximum absolute atomic E-state index is 9.86. The Morgan fingerprint density at radius 3 is 1.81 bits per heavy atom. The predicted molar refractivity (Wildman–Crippen MR) is 98.9 cm³/mol. The van der Waals surface area contributed by atoms with Crippen molar-refractivity contribution in [3.63, 3.8) is 0 Å². The van der Waals surface area contributed by atoms with Crippen LogP contribution in [0.5, 0.6) is 0 Å². The number of halogens is 1. The predicted octanol–water partition coefficient (Wildman–Crippen LogP) is 4.18. The van der Waals surface area contributed by atoms with Crippen molar-refractivity contribution in [2.75, 3.05) is 5.33 Å². The van der Waals surface area contributed by atoms with Crippen LogP contribution in [0.25, 0.3) is 0 Å². The lowest BCUT2D eigenvalue weighted by atomic mass is 10.1. The van der Waals surface area contributed by atoms with Crippen molar-refractivity contribution >= 4 is 44.4 Å². The van der Waals surface area contributed by atoms with E-state index in [2.05, 4.69) is 46.3 Å². The molecule has 2 aromatic rings. The molecule has 0 fully saturated rings. The van der Waals surface area contributed by atoms with Crippen LogP contribution in [0.3, 0.4) is 0 Å². The third-order valence-corrected chi connectivity index (χ3v) is 10.4. The van der Waals surface area contributed by atoms with Gasteiger partial charge >= 0.3 is 0 Å². The fourth-order valence-corrected chi connectivity index (χ4v) is 7.88. The number of nitriles is 1. The van der Waals surface area contributed by atoms with Crippen LogP contribution in [0.1, 0.15) is 13.3 Å². The molecule has 0 aliphatic carbocycles. The van der Waals surface area contributed by atoms with Gasteiger partial charge in [-0.2, -0.15) is 5.26 Å². The number of hydrogen-bond acceptors (Lipinski definition) is 2. The molecule has 1 atom stereocenters. The Hall–Kier alpha value is -0.940. The van der Waals surface area contributed by atoms with Crippen LogP contribution in [0.15, 0.2) is 60.7 Å². The molecule has 0 amide bonds. The lowest BCUT2D eigenvalue weighted by Crippen LogP contribution is -2.34. The molecule has 21 heavy (non-hydrogen) atoms. The van der Waals surface area contributed by atoms with E-state index in [0.29, 0.717) is 0 Å². The van der Waals surface area contributed by atoms with Crippen molar-refractivity contribution in [2.45, 2.75) is 18.5 Å². The molecule has 0 aliphatic heterocycles. The minimum atomic E-state index is -2.22. The standard InChI is InChI=1S/C17H17BrNPS/c1-17(14-19,12-13-18)20(21,15-8-4-2-5-9-15)16-10-6-3-7-11-16/h2-11H,12-13H2,1H3. The lowest BCUT2D eigenvalue weighted by molar-refractivity contribution is 0.770. The van der Waals surface area contributed by atoms with E-state index in [-0.39, 0.29) is 0 Å². The molecule has 1 nitrogen and oxygen atoms in total. The van der Waals surface area contributed by atoms with E-state index in [9.17, 15) is 5.26 Å². The van der Waals surface area contributed by atoms with Crippen LogP contribution in [-0.2, 0) is 11.8 Å². The molecular weight excluding hydrogens is 361 g/mol. The van der Waals surface area contributed by atoms with Crippen LogP contribution < -0.4 is 10.6 Å². The summed E-state index contributed by atoms with van der Waals surface area (Å²) in [6, 6.07) is 20.6. The van der Waals surface area contributed by atoms with E-state index in [1.165, 1.54) is 0 Å². The molecule has 0 aromatic heterocycles. The number of alkyl halides is 1. The highest BCUT2D eigenvalue weighted by Gasteiger charge is 2.42. The molecule has 2 rings (SSSR count). The minimum Gasteiger partial charge on any atom is -0.197 e. The van der Waals surface area contributed by atoms with Gasteiger partial charge in [-0.15, -0.1) is 0 Å². The zero-order valence-corrected chi connectivity index (χ0v) is 15.2. The maximum atomic E-state index is 9.86. The zero-order valence-electron chi connectivity index (χ0n) is 11.9. The van der Waals surface area contributed by atoms with Gasteiger partial charge in [0.05, 0.1) is 11.2 Å². The van der Waals surface area contributed by atoms with Gasteiger partial charge in [0.1, 0.15) is 0 Å². The van der Waals surface area contributed by atoms with Gasteiger partial charge < -0.3 is 0 Å². The van der Waals surface area contributed by atoms with E-state index >= 15 is 0 Å². The highest BCUT2D eigenvalue weighted by Crippen LogP contribution is 2.57. The number of benzene rings is 2. The molecule has 0 saturated heterocycles. The van der Waals surface area contributed by atoms with Crippen molar-refractivity contribution in [3.05, 3.63) is 60.7 Å². The van der Waals surface area contributed by atoms with E-state index in [0.717, 1.165) is 22.4 Å².